The first-order valence-electron chi connectivity index (χ1n) is 6.46. The Bertz CT molecular complexity index is 606. The topological polar surface area (TPSA) is 59.1 Å². The summed E-state index contributed by atoms with van der Waals surface area (Å²) in [6.45, 7) is 1.48. The van der Waals surface area contributed by atoms with E-state index >= 15 is 0 Å². The highest BCUT2D eigenvalue weighted by Crippen LogP contribution is 2.20. The van der Waals surface area contributed by atoms with Crippen LogP contribution >= 0.6 is 0 Å². The van der Waals surface area contributed by atoms with E-state index in [1.165, 1.54) is 6.92 Å². The number of anilines is 1. The fourth-order valence-corrected chi connectivity index (χ4v) is 1.91. The highest BCUT2D eigenvalue weighted by atomic mass is 16.1. The lowest BCUT2D eigenvalue weighted by Gasteiger charge is -2.06. The zero-order valence-corrected chi connectivity index (χ0v) is 11.3. The molecule has 4 heteroatoms. The van der Waals surface area contributed by atoms with E-state index in [4.69, 9.17) is 0 Å². The number of carbonyl (C=O) groups excluding carboxylic acids is 2. The molecular weight excluding hydrogens is 252 g/mol. The van der Waals surface area contributed by atoms with Gasteiger partial charge in [-0.15, -0.1) is 0 Å². The quantitative estimate of drug-likeness (QED) is 0.848. The van der Waals surface area contributed by atoms with Crippen molar-refractivity contribution in [3.63, 3.8) is 0 Å². The van der Waals surface area contributed by atoms with Gasteiger partial charge in [0.05, 0.1) is 5.69 Å². The first-order chi connectivity index (χ1) is 9.69. The van der Waals surface area contributed by atoms with Crippen LogP contribution in [0.15, 0.2) is 42.5 Å². The molecule has 102 valence electrons. The summed E-state index contributed by atoms with van der Waals surface area (Å²) in [6.07, 6.45) is 2.04. The molecule has 0 atom stereocenters. The zero-order chi connectivity index (χ0) is 14.4. The smallest absolute Gasteiger partial charge is 0.221 e. The number of rotatable bonds is 5. The number of nitrogens with zero attached hydrogens (tertiary/aromatic N) is 1. The fraction of sp³-hybridized carbons (Fsp3) is 0.188. The average Bonchev–Trinajstić information content (AvgIpc) is 2.45. The molecule has 0 radical (unpaired) electrons. The second kappa shape index (κ2) is 6.61. The van der Waals surface area contributed by atoms with Crippen LogP contribution in [-0.2, 0) is 16.0 Å². The summed E-state index contributed by atoms with van der Waals surface area (Å²) in [5, 5.41) is 2.72. The van der Waals surface area contributed by atoms with E-state index in [0.29, 0.717) is 12.8 Å². The minimum atomic E-state index is -0.0910. The standard InChI is InChI=1S/C16H16N2O2/c1-12(20)17-15-9-7-13(8-10-15)16-6-2-4-14(18-16)5-3-11-19/h2,4,6-11H,3,5H2,1H3,(H,17,20). The summed E-state index contributed by atoms with van der Waals surface area (Å²) in [5.74, 6) is -0.0910. The number of hydrogen-bond donors (Lipinski definition) is 1. The molecular formula is C16H16N2O2. The molecule has 1 heterocycles. The molecule has 0 unspecified atom stereocenters. The monoisotopic (exact) mass is 268 g/mol. The number of aryl methyl sites for hydroxylation is 1. The lowest BCUT2D eigenvalue weighted by molar-refractivity contribution is -0.114. The lowest BCUT2D eigenvalue weighted by Crippen LogP contribution is -2.05. The van der Waals surface area contributed by atoms with Gasteiger partial charge in [-0.25, -0.2) is 0 Å². The second-order valence-corrected chi connectivity index (χ2v) is 4.48. The summed E-state index contributed by atoms with van der Waals surface area (Å²) >= 11 is 0. The zero-order valence-electron chi connectivity index (χ0n) is 11.3. The van der Waals surface area contributed by atoms with Crippen molar-refractivity contribution >= 4 is 17.9 Å². The summed E-state index contributed by atoms with van der Waals surface area (Å²) < 4.78 is 0. The number of aromatic nitrogens is 1. The molecule has 0 aliphatic rings. The Kier molecular flexibility index (Phi) is 4.60. The third-order valence-corrected chi connectivity index (χ3v) is 2.83. The Morgan fingerprint density at radius 3 is 2.60 bits per heavy atom. The van der Waals surface area contributed by atoms with Crippen molar-refractivity contribution < 1.29 is 9.59 Å². The maximum Gasteiger partial charge on any atom is 0.221 e. The van der Waals surface area contributed by atoms with E-state index in [1.54, 1.807) is 0 Å². The molecule has 2 aromatic rings. The maximum atomic E-state index is 11.0. The predicted octanol–water partition coefficient (Wildman–Crippen LogP) is 2.84. The van der Waals surface area contributed by atoms with Crippen LogP contribution in [0.2, 0.25) is 0 Å². The molecule has 0 saturated heterocycles. The molecule has 0 saturated carbocycles. The SMILES string of the molecule is CC(=O)Nc1ccc(-c2cccc(CCC=O)n2)cc1. The van der Waals surface area contributed by atoms with Crippen molar-refractivity contribution in [2.45, 2.75) is 19.8 Å². The molecule has 0 bridgehead atoms. The molecule has 0 aliphatic carbocycles. The minimum absolute atomic E-state index is 0.0910. The van der Waals surface area contributed by atoms with Crippen LogP contribution in [-0.4, -0.2) is 17.2 Å². The molecule has 0 aliphatic heterocycles. The van der Waals surface area contributed by atoms with Gasteiger partial charge in [0.2, 0.25) is 5.91 Å². The van der Waals surface area contributed by atoms with Crippen molar-refractivity contribution in [3.8, 4) is 11.3 Å². The van der Waals surface area contributed by atoms with Crippen molar-refractivity contribution in [3.05, 3.63) is 48.2 Å². The molecule has 1 aromatic carbocycles. The Morgan fingerprint density at radius 1 is 1.20 bits per heavy atom. The van der Waals surface area contributed by atoms with Gasteiger partial charge in [0.1, 0.15) is 6.29 Å². The van der Waals surface area contributed by atoms with E-state index in [9.17, 15) is 9.59 Å². The van der Waals surface area contributed by atoms with E-state index in [2.05, 4.69) is 10.3 Å². The third-order valence-electron chi connectivity index (χ3n) is 2.83. The summed E-state index contributed by atoms with van der Waals surface area (Å²) in [6, 6.07) is 13.3. The molecule has 1 aromatic heterocycles. The van der Waals surface area contributed by atoms with Crippen LogP contribution < -0.4 is 5.32 Å². The number of carbonyl (C=O) groups is 2. The lowest BCUT2D eigenvalue weighted by atomic mass is 10.1. The minimum Gasteiger partial charge on any atom is -0.326 e. The van der Waals surface area contributed by atoms with Crippen molar-refractivity contribution in [1.82, 2.24) is 4.98 Å². The van der Waals surface area contributed by atoms with Gasteiger partial charge in [0.25, 0.3) is 0 Å². The number of aldehydes is 1. The largest absolute Gasteiger partial charge is 0.326 e. The molecule has 0 fully saturated rings. The van der Waals surface area contributed by atoms with Gasteiger partial charge in [0.15, 0.2) is 0 Å². The number of hydrogen-bond acceptors (Lipinski definition) is 3. The van der Waals surface area contributed by atoms with Crippen LogP contribution in [0.1, 0.15) is 19.0 Å². The maximum absolute atomic E-state index is 11.0. The van der Waals surface area contributed by atoms with Crippen LogP contribution in [0.4, 0.5) is 5.69 Å². The molecule has 20 heavy (non-hydrogen) atoms. The molecule has 1 N–H and O–H groups in total. The van der Waals surface area contributed by atoms with Crippen LogP contribution in [0.5, 0.6) is 0 Å². The van der Waals surface area contributed by atoms with Crippen molar-refractivity contribution in [1.29, 1.82) is 0 Å². The first-order valence-corrected chi connectivity index (χ1v) is 6.46. The summed E-state index contributed by atoms with van der Waals surface area (Å²) in [5.41, 5.74) is 3.51. The Balaban J connectivity index is 2.18. The van der Waals surface area contributed by atoms with Gasteiger partial charge in [-0.1, -0.05) is 18.2 Å². The van der Waals surface area contributed by atoms with Gasteiger partial charge in [-0.2, -0.15) is 0 Å². The Hall–Kier alpha value is -2.49. The van der Waals surface area contributed by atoms with E-state index in [-0.39, 0.29) is 5.91 Å². The average molecular weight is 268 g/mol. The number of benzene rings is 1. The fourth-order valence-electron chi connectivity index (χ4n) is 1.91. The number of nitrogens with one attached hydrogen (secondary N) is 1. The highest BCUT2D eigenvalue weighted by molar-refractivity contribution is 5.88. The van der Waals surface area contributed by atoms with Crippen molar-refractivity contribution in [2.75, 3.05) is 5.32 Å². The van der Waals surface area contributed by atoms with Gasteiger partial charge >= 0.3 is 0 Å². The Labute approximate surface area is 117 Å². The van der Waals surface area contributed by atoms with E-state index < -0.39 is 0 Å². The second-order valence-electron chi connectivity index (χ2n) is 4.48. The van der Waals surface area contributed by atoms with E-state index in [0.717, 1.165) is 28.9 Å². The van der Waals surface area contributed by atoms with Crippen molar-refractivity contribution in [2.24, 2.45) is 0 Å². The van der Waals surface area contributed by atoms with Gasteiger partial charge < -0.3 is 10.1 Å². The molecule has 0 spiro atoms. The van der Waals surface area contributed by atoms with Crippen LogP contribution in [0.25, 0.3) is 11.3 Å². The predicted molar refractivity (Wildman–Crippen MR) is 78.4 cm³/mol. The van der Waals surface area contributed by atoms with Gasteiger partial charge in [0, 0.05) is 30.3 Å². The molecule has 2 rings (SSSR count). The summed E-state index contributed by atoms with van der Waals surface area (Å²) in [4.78, 5) is 25.9. The van der Waals surface area contributed by atoms with Gasteiger partial charge in [-0.3, -0.25) is 9.78 Å². The van der Waals surface area contributed by atoms with Gasteiger partial charge in [-0.05, 0) is 30.7 Å². The molecule has 1 amide bonds. The number of amides is 1. The van der Waals surface area contributed by atoms with Crippen LogP contribution in [0, 0.1) is 0 Å². The highest BCUT2D eigenvalue weighted by Gasteiger charge is 2.02. The number of pyridine rings is 1. The van der Waals surface area contributed by atoms with E-state index in [1.807, 2.05) is 42.5 Å². The normalized spacial score (nSPS) is 10.1. The first kappa shape index (κ1) is 13.9. The Morgan fingerprint density at radius 2 is 1.95 bits per heavy atom. The third kappa shape index (κ3) is 3.75. The summed E-state index contributed by atoms with van der Waals surface area (Å²) in [7, 11) is 0. The molecule has 4 nitrogen and oxygen atoms in total. The van der Waals surface area contributed by atoms with Crippen LogP contribution in [0.3, 0.4) is 0 Å².